The molecule has 14 heavy (non-hydrogen) atoms. The van der Waals surface area contributed by atoms with E-state index in [0.717, 1.165) is 25.5 Å². The fraction of sp³-hybridized carbons (Fsp3) is 0.833. The van der Waals surface area contributed by atoms with Gasteiger partial charge in [0.05, 0.1) is 12.4 Å². The van der Waals surface area contributed by atoms with Crippen LogP contribution in [0.2, 0.25) is 0 Å². The maximum absolute atomic E-state index is 9.02. The lowest BCUT2D eigenvalue weighted by Gasteiger charge is -2.03. The SMILES string of the molecule is CC(O)CCCCCCCCC=CO. The second-order valence-corrected chi connectivity index (χ2v) is 3.93. The van der Waals surface area contributed by atoms with Gasteiger partial charge in [0, 0.05) is 0 Å². The molecule has 0 radical (unpaired) electrons. The number of hydrogen-bond acceptors (Lipinski definition) is 2. The van der Waals surface area contributed by atoms with Gasteiger partial charge in [-0.2, -0.15) is 0 Å². The smallest absolute Gasteiger partial charge is 0.0751 e. The van der Waals surface area contributed by atoms with E-state index in [1.54, 1.807) is 6.08 Å². The van der Waals surface area contributed by atoms with Crippen LogP contribution in [-0.4, -0.2) is 16.3 Å². The van der Waals surface area contributed by atoms with Gasteiger partial charge in [0.1, 0.15) is 0 Å². The quantitative estimate of drug-likeness (QED) is 0.441. The van der Waals surface area contributed by atoms with Crippen LogP contribution in [0.4, 0.5) is 0 Å². The van der Waals surface area contributed by atoms with Gasteiger partial charge in [0.2, 0.25) is 0 Å². The number of hydrogen-bond donors (Lipinski definition) is 2. The second-order valence-electron chi connectivity index (χ2n) is 3.93. The highest BCUT2D eigenvalue weighted by atomic mass is 16.3. The van der Waals surface area contributed by atoms with Crippen molar-refractivity contribution in [3.8, 4) is 0 Å². The fourth-order valence-corrected chi connectivity index (χ4v) is 1.48. The van der Waals surface area contributed by atoms with Crippen molar-refractivity contribution in [2.45, 2.75) is 64.4 Å². The van der Waals surface area contributed by atoms with Gasteiger partial charge in [-0.25, -0.2) is 0 Å². The van der Waals surface area contributed by atoms with Crippen LogP contribution in [0.1, 0.15) is 58.3 Å². The first-order valence-electron chi connectivity index (χ1n) is 5.74. The largest absolute Gasteiger partial charge is 0.516 e. The van der Waals surface area contributed by atoms with E-state index < -0.39 is 0 Å². The van der Waals surface area contributed by atoms with Crippen LogP contribution in [0, 0.1) is 0 Å². The molecule has 0 aromatic carbocycles. The second kappa shape index (κ2) is 10.6. The Balaban J connectivity index is 2.92. The molecule has 2 heteroatoms. The highest BCUT2D eigenvalue weighted by Gasteiger charge is 1.95. The summed E-state index contributed by atoms with van der Waals surface area (Å²) in [5.41, 5.74) is 0. The average Bonchev–Trinajstić information content (AvgIpc) is 2.15. The van der Waals surface area contributed by atoms with Crippen LogP contribution in [0.3, 0.4) is 0 Å². The zero-order valence-corrected chi connectivity index (χ0v) is 9.28. The van der Waals surface area contributed by atoms with Crippen molar-refractivity contribution >= 4 is 0 Å². The average molecular weight is 200 g/mol. The molecule has 2 N–H and O–H groups in total. The molecular weight excluding hydrogens is 176 g/mol. The Morgan fingerprint density at radius 1 is 1.00 bits per heavy atom. The van der Waals surface area contributed by atoms with Crippen molar-refractivity contribution in [3.05, 3.63) is 12.3 Å². The molecule has 0 aromatic heterocycles. The van der Waals surface area contributed by atoms with E-state index >= 15 is 0 Å². The molecule has 0 amide bonds. The summed E-state index contributed by atoms with van der Waals surface area (Å²) in [7, 11) is 0. The number of aliphatic hydroxyl groups is 2. The van der Waals surface area contributed by atoms with Crippen molar-refractivity contribution in [2.24, 2.45) is 0 Å². The van der Waals surface area contributed by atoms with Crippen molar-refractivity contribution in [1.29, 1.82) is 0 Å². The van der Waals surface area contributed by atoms with E-state index in [1.165, 1.54) is 32.1 Å². The summed E-state index contributed by atoms with van der Waals surface area (Å²) < 4.78 is 0. The molecule has 0 heterocycles. The standard InChI is InChI=1S/C12H24O2/c1-12(14)10-8-6-4-2-3-5-7-9-11-13/h9,11-14H,2-8,10H2,1H3. The van der Waals surface area contributed by atoms with E-state index in [4.69, 9.17) is 10.2 Å². The highest BCUT2D eigenvalue weighted by Crippen LogP contribution is 2.09. The molecule has 0 aliphatic rings. The van der Waals surface area contributed by atoms with Crippen LogP contribution in [0.25, 0.3) is 0 Å². The molecule has 0 fully saturated rings. The summed E-state index contributed by atoms with van der Waals surface area (Å²) in [4.78, 5) is 0. The summed E-state index contributed by atoms with van der Waals surface area (Å²) >= 11 is 0. The topological polar surface area (TPSA) is 40.5 Å². The van der Waals surface area contributed by atoms with E-state index in [2.05, 4.69) is 0 Å². The summed E-state index contributed by atoms with van der Waals surface area (Å²) in [5, 5.41) is 17.4. The van der Waals surface area contributed by atoms with Gasteiger partial charge >= 0.3 is 0 Å². The van der Waals surface area contributed by atoms with Crippen molar-refractivity contribution < 1.29 is 10.2 Å². The van der Waals surface area contributed by atoms with Crippen LogP contribution in [-0.2, 0) is 0 Å². The minimum atomic E-state index is -0.135. The minimum Gasteiger partial charge on any atom is -0.516 e. The number of unbranched alkanes of at least 4 members (excludes halogenated alkanes) is 6. The molecule has 0 bridgehead atoms. The molecule has 1 atom stereocenters. The molecule has 2 nitrogen and oxygen atoms in total. The zero-order chi connectivity index (χ0) is 10.6. The molecule has 0 saturated carbocycles. The Hall–Kier alpha value is -0.500. The molecule has 84 valence electrons. The maximum Gasteiger partial charge on any atom is 0.0751 e. The summed E-state index contributed by atoms with van der Waals surface area (Å²) in [6, 6.07) is 0. The Bertz CT molecular complexity index is 130. The Kier molecular flexibility index (Phi) is 10.2. The Labute approximate surface area is 87.7 Å². The Morgan fingerprint density at radius 3 is 2.14 bits per heavy atom. The fourth-order valence-electron chi connectivity index (χ4n) is 1.48. The van der Waals surface area contributed by atoms with Crippen LogP contribution >= 0.6 is 0 Å². The van der Waals surface area contributed by atoms with Crippen molar-refractivity contribution in [3.63, 3.8) is 0 Å². The van der Waals surface area contributed by atoms with Crippen LogP contribution < -0.4 is 0 Å². The predicted molar refractivity (Wildman–Crippen MR) is 60.4 cm³/mol. The first-order chi connectivity index (χ1) is 6.77. The monoisotopic (exact) mass is 200 g/mol. The Morgan fingerprint density at radius 2 is 1.57 bits per heavy atom. The third-order valence-electron chi connectivity index (χ3n) is 2.35. The zero-order valence-electron chi connectivity index (χ0n) is 9.28. The first-order valence-corrected chi connectivity index (χ1v) is 5.74. The van der Waals surface area contributed by atoms with Gasteiger partial charge in [-0.1, -0.05) is 38.2 Å². The van der Waals surface area contributed by atoms with Gasteiger partial charge in [0.15, 0.2) is 0 Å². The molecule has 0 spiro atoms. The lowest BCUT2D eigenvalue weighted by Crippen LogP contribution is -1.98. The van der Waals surface area contributed by atoms with Crippen LogP contribution in [0.5, 0.6) is 0 Å². The molecule has 0 aliphatic heterocycles. The summed E-state index contributed by atoms with van der Waals surface area (Å²) in [5.74, 6) is 0. The predicted octanol–water partition coefficient (Wildman–Crippen LogP) is 3.56. The number of rotatable bonds is 9. The van der Waals surface area contributed by atoms with Gasteiger partial charge in [0.25, 0.3) is 0 Å². The third-order valence-corrected chi connectivity index (χ3v) is 2.35. The van der Waals surface area contributed by atoms with Gasteiger partial charge in [-0.05, 0) is 26.2 Å². The molecule has 0 saturated heterocycles. The maximum atomic E-state index is 9.02. The molecule has 0 aliphatic carbocycles. The van der Waals surface area contributed by atoms with Gasteiger partial charge in [-0.15, -0.1) is 0 Å². The number of allylic oxidation sites excluding steroid dienone is 1. The first kappa shape index (κ1) is 13.5. The van der Waals surface area contributed by atoms with Gasteiger partial charge in [-0.3, -0.25) is 0 Å². The lowest BCUT2D eigenvalue weighted by atomic mass is 10.1. The minimum absolute atomic E-state index is 0.135. The van der Waals surface area contributed by atoms with E-state index in [1.807, 2.05) is 6.92 Å². The normalized spacial score (nSPS) is 13.6. The lowest BCUT2D eigenvalue weighted by molar-refractivity contribution is 0.180. The van der Waals surface area contributed by atoms with E-state index in [-0.39, 0.29) is 6.10 Å². The van der Waals surface area contributed by atoms with Crippen LogP contribution in [0.15, 0.2) is 12.3 Å². The number of aliphatic hydroxyl groups excluding tert-OH is 2. The summed E-state index contributed by atoms with van der Waals surface area (Å²) in [6.07, 6.45) is 12.1. The van der Waals surface area contributed by atoms with Gasteiger partial charge < -0.3 is 10.2 Å². The molecule has 0 aromatic rings. The third kappa shape index (κ3) is 11.5. The van der Waals surface area contributed by atoms with Crippen molar-refractivity contribution in [1.82, 2.24) is 0 Å². The van der Waals surface area contributed by atoms with E-state index in [0.29, 0.717) is 0 Å². The van der Waals surface area contributed by atoms with Crippen molar-refractivity contribution in [2.75, 3.05) is 0 Å². The molecule has 0 rings (SSSR count). The molecule has 1 unspecified atom stereocenters. The summed E-state index contributed by atoms with van der Waals surface area (Å²) in [6.45, 7) is 1.85. The van der Waals surface area contributed by atoms with E-state index in [9.17, 15) is 0 Å². The molecular formula is C12H24O2. The highest BCUT2D eigenvalue weighted by molar-refractivity contribution is 4.70.